The predicted molar refractivity (Wildman–Crippen MR) is 76.8 cm³/mol. The molecule has 0 saturated heterocycles. The zero-order valence-corrected chi connectivity index (χ0v) is 12.1. The fourth-order valence-corrected chi connectivity index (χ4v) is 1.84. The first kappa shape index (κ1) is 15.8. The summed E-state index contributed by atoms with van der Waals surface area (Å²) in [5, 5.41) is 0. The maximum Gasteiger partial charge on any atom is 0.127 e. The minimum atomic E-state index is -0.132. The molecule has 108 valence electrons. The summed E-state index contributed by atoms with van der Waals surface area (Å²) in [6.45, 7) is 5.97. The van der Waals surface area contributed by atoms with Gasteiger partial charge in [0.1, 0.15) is 18.1 Å². The van der Waals surface area contributed by atoms with Crippen molar-refractivity contribution < 1.29 is 14.2 Å². The van der Waals surface area contributed by atoms with Crippen LogP contribution in [0.25, 0.3) is 0 Å². The monoisotopic (exact) mass is 267 g/mol. The van der Waals surface area contributed by atoms with Crippen LogP contribution in [-0.4, -0.2) is 26.9 Å². The van der Waals surface area contributed by atoms with E-state index in [2.05, 4.69) is 6.92 Å². The molecule has 1 aromatic rings. The quantitative estimate of drug-likeness (QED) is 0.699. The fraction of sp³-hybridized carbons (Fsp3) is 0.600. The summed E-state index contributed by atoms with van der Waals surface area (Å²) in [4.78, 5) is 0. The first-order chi connectivity index (χ1) is 9.20. The Morgan fingerprint density at radius 3 is 2.53 bits per heavy atom. The molecule has 0 amide bonds. The van der Waals surface area contributed by atoms with Crippen molar-refractivity contribution >= 4 is 0 Å². The molecule has 0 bridgehead atoms. The van der Waals surface area contributed by atoms with Crippen molar-refractivity contribution in [2.45, 2.75) is 32.7 Å². The zero-order chi connectivity index (χ0) is 14.1. The zero-order valence-electron chi connectivity index (χ0n) is 12.1. The normalized spacial score (nSPS) is 12.2. The lowest BCUT2D eigenvalue weighted by Crippen LogP contribution is -2.12. The minimum absolute atomic E-state index is 0.132. The van der Waals surface area contributed by atoms with Crippen LogP contribution in [0.15, 0.2) is 18.2 Å². The molecule has 4 nitrogen and oxygen atoms in total. The standard InChI is InChI=1S/C15H25NO3/c1-4-5-9-18-10-11-19-14-8-6-7-13(17-3)15(14)12(2)16/h6-8,12H,4-5,9-11,16H2,1-3H3. The second-order valence-electron chi connectivity index (χ2n) is 4.48. The van der Waals surface area contributed by atoms with Crippen molar-refractivity contribution in [3.05, 3.63) is 23.8 Å². The van der Waals surface area contributed by atoms with Crippen LogP contribution in [0.3, 0.4) is 0 Å². The minimum Gasteiger partial charge on any atom is -0.496 e. The van der Waals surface area contributed by atoms with Crippen molar-refractivity contribution in [1.29, 1.82) is 0 Å². The van der Waals surface area contributed by atoms with Gasteiger partial charge >= 0.3 is 0 Å². The Morgan fingerprint density at radius 2 is 1.89 bits per heavy atom. The van der Waals surface area contributed by atoms with Gasteiger partial charge in [-0.05, 0) is 25.5 Å². The van der Waals surface area contributed by atoms with Gasteiger partial charge in [-0.3, -0.25) is 0 Å². The molecular weight excluding hydrogens is 242 g/mol. The van der Waals surface area contributed by atoms with Crippen LogP contribution in [0.1, 0.15) is 38.3 Å². The molecule has 0 fully saturated rings. The van der Waals surface area contributed by atoms with Crippen LogP contribution in [0.5, 0.6) is 11.5 Å². The molecule has 1 rings (SSSR count). The van der Waals surface area contributed by atoms with Gasteiger partial charge in [0.15, 0.2) is 0 Å². The highest BCUT2D eigenvalue weighted by Crippen LogP contribution is 2.32. The predicted octanol–water partition coefficient (Wildman–Crippen LogP) is 2.91. The second kappa shape index (κ2) is 8.77. The molecule has 0 heterocycles. The van der Waals surface area contributed by atoms with Gasteiger partial charge < -0.3 is 19.9 Å². The van der Waals surface area contributed by atoms with Crippen LogP contribution >= 0.6 is 0 Å². The topological polar surface area (TPSA) is 53.7 Å². The van der Waals surface area contributed by atoms with E-state index in [9.17, 15) is 0 Å². The van der Waals surface area contributed by atoms with E-state index in [4.69, 9.17) is 19.9 Å². The van der Waals surface area contributed by atoms with Crippen LogP contribution < -0.4 is 15.2 Å². The van der Waals surface area contributed by atoms with Gasteiger partial charge in [0.2, 0.25) is 0 Å². The largest absolute Gasteiger partial charge is 0.496 e. The van der Waals surface area contributed by atoms with E-state index in [1.54, 1.807) is 7.11 Å². The van der Waals surface area contributed by atoms with E-state index in [1.165, 1.54) is 0 Å². The first-order valence-electron chi connectivity index (χ1n) is 6.83. The molecule has 1 unspecified atom stereocenters. The molecule has 0 aliphatic heterocycles. The van der Waals surface area contributed by atoms with Crippen molar-refractivity contribution in [3.63, 3.8) is 0 Å². The number of ether oxygens (including phenoxy) is 3. The Hall–Kier alpha value is -1.26. The average molecular weight is 267 g/mol. The van der Waals surface area contributed by atoms with Crippen LogP contribution in [0, 0.1) is 0 Å². The Morgan fingerprint density at radius 1 is 1.16 bits per heavy atom. The third-order valence-electron chi connectivity index (χ3n) is 2.83. The molecule has 4 heteroatoms. The fourth-order valence-electron chi connectivity index (χ4n) is 1.84. The Kier molecular flexibility index (Phi) is 7.30. The molecule has 0 saturated carbocycles. The van der Waals surface area contributed by atoms with Gasteiger partial charge in [0, 0.05) is 12.6 Å². The van der Waals surface area contributed by atoms with Gasteiger partial charge in [0.25, 0.3) is 0 Å². The number of nitrogens with two attached hydrogens (primary N) is 1. The van der Waals surface area contributed by atoms with Crippen LogP contribution in [-0.2, 0) is 4.74 Å². The van der Waals surface area contributed by atoms with Crippen LogP contribution in [0.4, 0.5) is 0 Å². The van der Waals surface area contributed by atoms with Gasteiger partial charge in [-0.25, -0.2) is 0 Å². The van der Waals surface area contributed by atoms with E-state index in [-0.39, 0.29) is 6.04 Å². The second-order valence-corrected chi connectivity index (χ2v) is 4.48. The summed E-state index contributed by atoms with van der Waals surface area (Å²) in [7, 11) is 1.64. The number of methoxy groups -OCH3 is 1. The summed E-state index contributed by atoms with van der Waals surface area (Å²) >= 11 is 0. The third-order valence-corrected chi connectivity index (χ3v) is 2.83. The molecule has 19 heavy (non-hydrogen) atoms. The molecule has 0 aliphatic rings. The Labute approximate surface area is 115 Å². The first-order valence-corrected chi connectivity index (χ1v) is 6.83. The molecule has 0 aromatic heterocycles. The Bertz CT molecular complexity index is 366. The van der Waals surface area contributed by atoms with Crippen LogP contribution in [0.2, 0.25) is 0 Å². The summed E-state index contributed by atoms with van der Waals surface area (Å²) < 4.78 is 16.5. The smallest absolute Gasteiger partial charge is 0.127 e. The summed E-state index contributed by atoms with van der Waals surface area (Å²) in [5.74, 6) is 1.54. The highest BCUT2D eigenvalue weighted by Gasteiger charge is 2.13. The number of benzene rings is 1. The van der Waals surface area contributed by atoms with Gasteiger partial charge in [-0.1, -0.05) is 19.4 Å². The molecule has 0 aliphatic carbocycles. The molecule has 0 radical (unpaired) electrons. The summed E-state index contributed by atoms with van der Waals surface area (Å²) in [5.41, 5.74) is 6.87. The van der Waals surface area contributed by atoms with E-state index in [1.807, 2.05) is 25.1 Å². The lowest BCUT2D eigenvalue weighted by molar-refractivity contribution is 0.0975. The number of hydrogen-bond acceptors (Lipinski definition) is 4. The van der Waals surface area contributed by atoms with Gasteiger partial charge in [0.05, 0.1) is 19.3 Å². The SMILES string of the molecule is CCCCOCCOc1cccc(OC)c1C(C)N. The number of rotatable bonds is 9. The van der Waals surface area contributed by atoms with E-state index >= 15 is 0 Å². The lowest BCUT2D eigenvalue weighted by atomic mass is 10.1. The molecule has 1 atom stereocenters. The number of unbranched alkanes of at least 4 members (excludes halogenated alkanes) is 1. The van der Waals surface area contributed by atoms with Crippen molar-refractivity contribution in [2.24, 2.45) is 5.73 Å². The van der Waals surface area contributed by atoms with E-state index < -0.39 is 0 Å². The summed E-state index contributed by atoms with van der Waals surface area (Å²) in [6, 6.07) is 5.57. The lowest BCUT2D eigenvalue weighted by Gasteiger charge is -2.17. The van der Waals surface area contributed by atoms with Crippen molar-refractivity contribution in [2.75, 3.05) is 26.9 Å². The van der Waals surface area contributed by atoms with Crippen molar-refractivity contribution in [1.82, 2.24) is 0 Å². The van der Waals surface area contributed by atoms with E-state index in [0.717, 1.165) is 36.5 Å². The van der Waals surface area contributed by atoms with E-state index in [0.29, 0.717) is 13.2 Å². The Balaban J connectivity index is 2.53. The molecule has 1 aromatic carbocycles. The van der Waals surface area contributed by atoms with Crippen molar-refractivity contribution in [3.8, 4) is 11.5 Å². The summed E-state index contributed by atoms with van der Waals surface area (Å²) in [6.07, 6.45) is 2.23. The van der Waals surface area contributed by atoms with Gasteiger partial charge in [-0.15, -0.1) is 0 Å². The highest BCUT2D eigenvalue weighted by molar-refractivity contribution is 5.46. The average Bonchev–Trinajstić information content (AvgIpc) is 2.42. The molecule has 0 spiro atoms. The molecular formula is C15H25NO3. The molecule has 2 N–H and O–H groups in total. The highest BCUT2D eigenvalue weighted by atomic mass is 16.5. The maximum absolute atomic E-state index is 5.97. The van der Waals surface area contributed by atoms with Gasteiger partial charge in [-0.2, -0.15) is 0 Å². The number of hydrogen-bond donors (Lipinski definition) is 1. The maximum atomic E-state index is 5.97. The third kappa shape index (κ3) is 5.09.